The third kappa shape index (κ3) is 3.70. The fraction of sp³-hybridized carbons (Fsp3) is 0.833. The third-order valence-electron chi connectivity index (χ3n) is 3.31. The van der Waals surface area contributed by atoms with Crippen LogP contribution in [-0.4, -0.2) is 46.7 Å². The zero-order valence-electron chi connectivity index (χ0n) is 10.3. The van der Waals surface area contributed by atoms with Crippen LogP contribution < -0.4 is 0 Å². The van der Waals surface area contributed by atoms with Crippen molar-refractivity contribution in [3.8, 4) is 0 Å². The Morgan fingerprint density at radius 2 is 1.88 bits per heavy atom. The molecule has 1 saturated carbocycles. The van der Waals surface area contributed by atoms with E-state index < -0.39 is 5.97 Å². The summed E-state index contributed by atoms with van der Waals surface area (Å²) < 4.78 is 0. The molecular weight excluding hydrogens is 222 g/mol. The second kappa shape index (κ2) is 6.59. The summed E-state index contributed by atoms with van der Waals surface area (Å²) in [7, 11) is 0. The summed E-state index contributed by atoms with van der Waals surface area (Å²) in [5.41, 5.74) is 0. The van der Waals surface area contributed by atoms with Gasteiger partial charge in [-0.15, -0.1) is 0 Å². The zero-order chi connectivity index (χ0) is 12.8. The summed E-state index contributed by atoms with van der Waals surface area (Å²) in [6.07, 6.45) is 2.53. The maximum atomic E-state index is 12.1. The van der Waals surface area contributed by atoms with Gasteiger partial charge in [-0.2, -0.15) is 0 Å². The summed E-state index contributed by atoms with van der Waals surface area (Å²) in [5, 5.41) is 17.8. The molecule has 1 aliphatic rings. The topological polar surface area (TPSA) is 77.8 Å². The summed E-state index contributed by atoms with van der Waals surface area (Å²) in [6, 6.07) is 0. The molecule has 0 aliphatic heterocycles. The number of aliphatic hydroxyl groups is 1. The summed E-state index contributed by atoms with van der Waals surface area (Å²) >= 11 is 0. The van der Waals surface area contributed by atoms with Crippen molar-refractivity contribution in [2.24, 2.45) is 11.8 Å². The summed E-state index contributed by atoms with van der Waals surface area (Å²) in [5.74, 6) is -1.34. The van der Waals surface area contributed by atoms with Crippen molar-refractivity contribution in [3.05, 3.63) is 0 Å². The number of carboxylic acids is 1. The van der Waals surface area contributed by atoms with Crippen molar-refractivity contribution in [2.75, 3.05) is 19.7 Å². The molecule has 2 atom stereocenters. The lowest BCUT2D eigenvalue weighted by molar-refractivity contribution is -0.141. The van der Waals surface area contributed by atoms with E-state index >= 15 is 0 Å². The normalized spacial score (nSPS) is 23.6. The number of hydrogen-bond acceptors (Lipinski definition) is 3. The lowest BCUT2D eigenvalue weighted by Gasteiger charge is -2.24. The van der Waals surface area contributed by atoms with E-state index in [1.165, 1.54) is 0 Å². The van der Waals surface area contributed by atoms with Gasteiger partial charge in [0.25, 0.3) is 0 Å². The number of aliphatic carboxylic acids is 1. The standard InChI is InChI=1S/C12H21NO4/c1-2-5-13(6-7-14)11(15)9-3-4-10(8-9)12(16)17/h9-10,14H,2-8H2,1H3,(H,16,17). The highest BCUT2D eigenvalue weighted by Gasteiger charge is 2.35. The molecule has 17 heavy (non-hydrogen) atoms. The van der Waals surface area contributed by atoms with Crippen molar-refractivity contribution in [1.82, 2.24) is 4.90 Å². The minimum atomic E-state index is -0.801. The van der Waals surface area contributed by atoms with Crippen molar-refractivity contribution < 1.29 is 19.8 Å². The van der Waals surface area contributed by atoms with Gasteiger partial charge in [0.15, 0.2) is 0 Å². The average molecular weight is 243 g/mol. The van der Waals surface area contributed by atoms with Crippen LogP contribution in [0.2, 0.25) is 0 Å². The van der Waals surface area contributed by atoms with E-state index in [0.29, 0.717) is 32.4 Å². The van der Waals surface area contributed by atoms with Gasteiger partial charge in [-0.25, -0.2) is 0 Å². The zero-order valence-corrected chi connectivity index (χ0v) is 10.3. The molecule has 0 aromatic rings. The van der Waals surface area contributed by atoms with Crippen molar-refractivity contribution in [2.45, 2.75) is 32.6 Å². The number of hydrogen-bond donors (Lipinski definition) is 2. The number of rotatable bonds is 6. The number of carbonyl (C=O) groups is 2. The van der Waals surface area contributed by atoms with Gasteiger partial charge in [-0.05, 0) is 25.7 Å². The maximum absolute atomic E-state index is 12.1. The van der Waals surface area contributed by atoms with Crippen LogP contribution in [0.1, 0.15) is 32.6 Å². The molecule has 0 bridgehead atoms. The molecule has 0 aromatic carbocycles. The molecule has 1 amide bonds. The van der Waals surface area contributed by atoms with Gasteiger partial charge < -0.3 is 15.1 Å². The second-order valence-corrected chi connectivity index (χ2v) is 4.59. The van der Waals surface area contributed by atoms with Crippen LogP contribution in [0.3, 0.4) is 0 Å². The SMILES string of the molecule is CCCN(CCO)C(=O)C1CCC(C(=O)O)C1. The number of carboxylic acid groups (broad SMARTS) is 1. The molecule has 1 aliphatic carbocycles. The number of carbonyl (C=O) groups excluding carboxylic acids is 1. The molecular formula is C12H21NO4. The Balaban J connectivity index is 2.54. The van der Waals surface area contributed by atoms with Crippen LogP contribution in [0.15, 0.2) is 0 Å². The van der Waals surface area contributed by atoms with E-state index in [0.717, 1.165) is 6.42 Å². The van der Waals surface area contributed by atoms with E-state index in [4.69, 9.17) is 10.2 Å². The molecule has 2 unspecified atom stereocenters. The third-order valence-corrected chi connectivity index (χ3v) is 3.31. The molecule has 0 radical (unpaired) electrons. The quantitative estimate of drug-likeness (QED) is 0.720. The molecule has 5 nitrogen and oxygen atoms in total. The highest BCUT2D eigenvalue weighted by atomic mass is 16.4. The van der Waals surface area contributed by atoms with E-state index in [1.807, 2.05) is 6.92 Å². The van der Waals surface area contributed by atoms with E-state index in [-0.39, 0.29) is 24.3 Å². The molecule has 1 fully saturated rings. The average Bonchev–Trinajstić information content (AvgIpc) is 2.77. The molecule has 5 heteroatoms. The van der Waals surface area contributed by atoms with Crippen LogP contribution in [0.4, 0.5) is 0 Å². The van der Waals surface area contributed by atoms with Crippen molar-refractivity contribution >= 4 is 11.9 Å². The molecule has 0 saturated heterocycles. The Labute approximate surface area is 101 Å². The van der Waals surface area contributed by atoms with Gasteiger partial charge in [0.05, 0.1) is 12.5 Å². The first-order valence-electron chi connectivity index (χ1n) is 6.22. The highest BCUT2D eigenvalue weighted by Crippen LogP contribution is 2.32. The van der Waals surface area contributed by atoms with Gasteiger partial charge >= 0.3 is 5.97 Å². The van der Waals surface area contributed by atoms with Crippen LogP contribution in [0.25, 0.3) is 0 Å². The summed E-state index contributed by atoms with van der Waals surface area (Å²) in [4.78, 5) is 24.6. The highest BCUT2D eigenvalue weighted by molar-refractivity contribution is 5.81. The van der Waals surface area contributed by atoms with Gasteiger partial charge in [-0.1, -0.05) is 6.92 Å². The lowest BCUT2D eigenvalue weighted by Crippen LogP contribution is -2.38. The number of nitrogens with zero attached hydrogens (tertiary/aromatic N) is 1. The second-order valence-electron chi connectivity index (χ2n) is 4.59. The lowest BCUT2D eigenvalue weighted by atomic mass is 10.0. The van der Waals surface area contributed by atoms with Crippen LogP contribution in [0.5, 0.6) is 0 Å². The Bertz CT molecular complexity index is 274. The Kier molecular flexibility index (Phi) is 5.41. The molecule has 0 heterocycles. The fourth-order valence-electron chi connectivity index (χ4n) is 2.41. The monoisotopic (exact) mass is 243 g/mol. The fourth-order valence-corrected chi connectivity index (χ4v) is 2.41. The van der Waals surface area contributed by atoms with Crippen LogP contribution >= 0.6 is 0 Å². The van der Waals surface area contributed by atoms with E-state index in [2.05, 4.69) is 0 Å². The van der Waals surface area contributed by atoms with Crippen LogP contribution in [-0.2, 0) is 9.59 Å². The number of amides is 1. The predicted octanol–water partition coefficient (Wildman–Crippen LogP) is 0.718. The van der Waals surface area contributed by atoms with Gasteiger partial charge in [0, 0.05) is 19.0 Å². The predicted molar refractivity (Wildman–Crippen MR) is 62.4 cm³/mol. The Morgan fingerprint density at radius 1 is 1.24 bits per heavy atom. The first-order chi connectivity index (χ1) is 8.10. The minimum Gasteiger partial charge on any atom is -0.481 e. The van der Waals surface area contributed by atoms with Gasteiger partial charge in [0.2, 0.25) is 5.91 Å². The van der Waals surface area contributed by atoms with Gasteiger partial charge in [-0.3, -0.25) is 9.59 Å². The van der Waals surface area contributed by atoms with Crippen molar-refractivity contribution in [3.63, 3.8) is 0 Å². The van der Waals surface area contributed by atoms with Crippen LogP contribution in [0, 0.1) is 11.8 Å². The molecule has 2 N–H and O–H groups in total. The smallest absolute Gasteiger partial charge is 0.306 e. The Hall–Kier alpha value is -1.10. The minimum absolute atomic E-state index is 0.00431. The largest absolute Gasteiger partial charge is 0.481 e. The maximum Gasteiger partial charge on any atom is 0.306 e. The van der Waals surface area contributed by atoms with E-state index in [1.54, 1.807) is 4.90 Å². The molecule has 0 spiro atoms. The Morgan fingerprint density at radius 3 is 2.35 bits per heavy atom. The van der Waals surface area contributed by atoms with Crippen molar-refractivity contribution in [1.29, 1.82) is 0 Å². The first kappa shape index (κ1) is 14.0. The summed E-state index contributed by atoms with van der Waals surface area (Å²) in [6.45, 7) is 2.92. The molecule has 0 aromatic heterocycles. The first-order valence-corrected chi connectivity index (χ1v) is 6.22. The number of aliphatic hydroxyl groups excluding tert-OH is 1. The molecule has 1 rings (SSSR count). The van der Waals surface area contributed by atoms with E-state index in [9.17, 15) is 9.59 Å². The van der Waals surface area contributed by atoms with Gasteiger partial charge in [0.1, 0.15) is 0 Å². The molecule has 98 valence electrons.